The van der Waals surface area contributed by atoms with Crippen LogP contribution in [-0.4, -0.2) is 71.2 Å². The minimum Gasteiger partial charge on any atom is -0.484 e. The minimum absolute atomic E-state index is 0.00291. The number of benzene rings is 1. The summed E-state index contributed by atoms with van der Waals surface area (Å²) >= 11 is 1.62. The molecule has 2 heterocycles. The molecule has 0 aliphatic carbocycles. The van der Waals surface area contributed by atoms with Gasteiger partial charge in [0.1, 0.15) is 11.6 Å². The molecule has 1 saturated heterocycles. The lowest BCUT2D eigenvalue weighted by atomic mass is 10.2. The second-order valence-electron chi connectivity index (χ2n) is 6.15. The van der Waals surface area contributed by atoms with Crippen LogP contribution in [0, 0.1) is 6.92 Å². The van der Waals surface area contributed by atoms with E-state index in [0.29, 0.717) is 32.1 Å². The Kier molecular flexibility index (Phi) is 7.49. The number of carbonyl (C=O) groups excluding carboxylic acids is 1. The van der Waals surface area contributed by atoms with Gasteiger partial charge < -0.3 is 19.7 Å². The number of aromatic amines is 1. The van der Waals surface area contributed by atoms with Crippen molar-refractivity contribution in [1.82, 2.24) is 25.4 Å². The van der Waals surface area contributed by atoms with Gasteiger partial charge in [0, 0.05) is 31.9 Å². The maximum atomic E-state index is 12.1. The van der Waals surface area contributed by atoms with Crippen molar-refractivity contribution >= 4 is 17.7 Å². The van der Waals surface area contributed by atoms with Crippen LogP contribution in [0.15, 0.2) is 29.4 Å². The Hall–Kier alpha value is -2.10. The third kappa shape index (κ3) is 6.53. The molecule has 27 heavy (non-hydrogen) atoms. The van der Waals surface area contributed by atoms with Gasteiger partial charge in [0.15, 0.2) is 6.61 Å². The number of nitrogens with zero attached hydrogens (tertiary/aromatic N) is 3. The van der Waals surface area contributed by atoms with E-state index in [9.17, 15) is 4.79 Å². The number of aryl methyl sites for hydroxylation is 1. The number of hydrogen-bond donors (Lipinski definition) is 2. The van der Waals surface area contributed by atoms with Crippen LogP contribution in [0.4, 0.5) is 0 Å². The van der Waals surface area contributed by atoms with Crippen LogP contribution in [0.3, 0.4) is 0 Å². The van der Waals surface area contributed by atoms with E-state index in [1.54, 1.807) is 16.7 Å². The number of nitrogens with one attached hydrogen (secondary N) is 2. The Morgan fingerprint density at radius 2 is 2.11 bits per heavy atom. The SMILES string of the molecule is Cc1nc(SCCNCc2ccc(OCC(=O)N3CCOCC3)cc2)n[nH]1. The van der Waals surface area contributed by atoms with Crippen LogP contribution in [0.1, 0.15) is 11.4 Å². The first kappa shape index (κ1) is 19.7. The van der Waals surface area contributed by atoms with Gasteiger partial charge in [-0.15, -0.1) is 5.10 Å². The van der Waals surface area contributed by atoms with Gasteiger partial charge in [0.25, 0.3) is 5.91 Å². The number of hydrogen-bond acceptors (Lipinski definition) is 7. The second-order valence-corrected chi connectivity index (χ2v) is 7.22. The fourth-order valence-corrected chi connectivity index (χ4v) is 3.33. The lowest BCUT2D eigenvalue weighted by Gasteiger charge is -2.26. The molecule has 0 saturated carbocycles. The maximum absolute atomic E-state index is 12.1. The molecule has 1 aromatic heterocycles. The van der Waals surface area contributed by atoms with Crippen molar-refractivity contribution < 1.29 is 14.3 Å². The van der Waals surface area contributed by atoms with Crippen LogP contribution >= 0.6 is 11.8 Å². The number of amides is 1. The zero-order valence-electron chi connectivity index (χ0n) is 15.4. The fraction of sp³-hybridized carbons (Fsp3) is 0.500. The molecule has 1 fully saturated rings. The Morgan fingerprint density at radius 1 is 1.33 bits per heavy atom. The van der Waals surface area contributed by atoms with E-state index >= 15 is 0 Å². The van der Waals surface area contributed by atoms with Crippen molar-refractivity contribution in [3.05, 3.63) is 35.7 Å². The Balaban J connectivity index is 1.31. The van der Waals surface area contributed by atoms with Gasteiger partial charge in [-0.1, -0.05) is 23.9 Å². The Labute approximate surface area is 163 Å². The summed E-state index contributed by atoms with van der Waals surface area (Å²) in [5.41, 5.74) is 1.17. The van der Waals surface area contributed by atoms with Gasteiger partial charge in [0.05, 0.1) is 13.2 Å². The Bertz CT molecular complexity index is 716. The molecule has 0 atom stereocenters. The number of H-pyrrole nitrogens is 1. The molecule has 2 N–H and O–H groups in total. The van der Waals surface area contributed by atoms with Crippen molar-refractivity contribution in [2.75, 3.05) is 45.2 Å². The van der Waals surface area contributed by atoms with E-state index < -0.39 is 0 Å². The second kappa shape index (κ2) is 10.3. The first-order chi connectivity index (χ1) is 13.2. The van der Waals surface area contributed by atoms with E-state index in [0.717, 1.165) is 29.8 Å². The van der Waals surface area contributed by atoms with Gasteiger partial charge in [-0.25, -0.2) is 4.98 Å². The van der Waals surface area contributed by atoms with E-state index in [1.807, 2.05) is 31.2 Å². The minimum atomic E-state index is 0.00291. The molecule has 0 spiro atoms. The van der Waals surface area contributed by atoms with Crippen molar-refractivity contribution in [2.45, 2.75) is 18.6 Å². The molecule has 146 valence electrons. The zero-order chi connectivity index (χ0) is 18.9. The van der Waals surface area contributed by atoms with Crippen molar-refractivity contribution in [1.29, 1.82) is 0 Å². The molecule has 1 amide bonds. The van der Waals surface area contributed by atoms with Gasteiger partial charge in [-0.3, -0.25) is 9.89 Å². The number of rotatable bonds is 9. The van der Waals surface area contributed by atoms with Gasteiger partial charge >= 0.3 is 0 Å². The zero-order valence-corrected chi connectivity index (χ0v) is 16.3. The van der Waals surface area contributed by atoms with Crippen LogP contribution in [0.25, 0.3) is 0 Å². The summed E-state index contributed by atoms with van der Waals surface area (Å²) in [5.74, 6) is 2.45. The van der Waals surface area contributed by atoms with E-state index in [1.165, 1.54) is 5.56 Å². The quantitative estimate of drug-likeness (QED) is 0.491. The predicted molar refractivity (Wildman–Crippen MR) is 103 cm³/mol. The summed E-state index contributed by atoms with van der Waals surface area (Å²) in [4.78, 5) is 18.1. The third-order valence-corrected chi connectivity index (χ3v) is 4.91. The smallest absolute Gasteiger partial charge is 0.260 e. The highest BCUT2D eigenvalue weighted by Crippen LogP contribution is 2.13. The number of aromatic nitrogens is 3. The van der Waals surface area contributed by atoms with Gasteiger partial charge in [-0.2, -0.15) is 0 Å². The summed E-state index contributed by atoms with van der Waals surface area (Å²) in [6, 6.07) is 7.81. The molecule has 1 aromatic carbocycles. The summed E-state index contributed by atoms with van der Waals surface area (Å²) in [7, 11) is 0. The number of carbonyl (C=O) groups is 1. The summed E-state index contributed by atoms with van der Waals surface area (Å²) in [6.45, 7) is 6.08. The Morgan fingerprint density at radius 3 is 2.81 bits per heavy atom. The van der Waals surface area contributed by atoms with E-state index in [4.69, 9.17) is 9.47 Å². The average Bonchev–Trinajstić information content (AvgIpc) is 3.12. The molecular weight excluding hydrogens is 366 g/mol. The average molecular weight is 391 g/mol. The number of morpholine rings is 1. The molecule has 2 aromatic rings. The molecule has 9 heteroatoms. The van der Waals surface area contributed by atoms with Crippen molar-refractivity contribution in [2.24, 2.45) is 0 Å². The summed E-state index contributed by atoms with van der Waals surface area (Å²) in [5, 5.41) is 11.1. The highest BCUT2D eigenvalue weighted by molar-refractivity contribution is 7.99. The van der Waals surface area contributed by atoms with Crippen LogP contribution < -0.4 is 10.1 Å². The first-order valence-corrected chi connectivity index (χ1v) is 9.99. The molecular formula is C18H25N5O3S. The third-order valence-electron chi connectivity index (χ3n) is 4.07. The van der Waals surface area contributed by atoms with Crippen LogP contribution in [0.2, 0.25) is 0 Å². The first-order valence-electron chi connectivity index (χ1n) is 9.00. The van der Waals surface area contributed by atoms with Gasteiger partial charge in [0.2, 0.25) is 5.16 Å². The maximum Gasteiger partial charge on any atom is 0.260 e. The van der Waals surface area contributed by atoms with Crippen molar-refractivity contribution in [3.8, 4) is 5.75 Å². The molecule has 0 unspecified atom stereocenters. The fourth-order valence-electron chi connectivity index (χ4n) is 2.59. The molecule has 0 radical (unpaired) electrons. The van der Waals surface area contributed by atoms with E-state index in [2.05, 4.69) is 20.5 Å². The molecule has 1 aliphatic heterocycles. The van der Waals surface area contributed by atoms with Crippen LogP contribution in [0.5, 0.6) is 5.75 Å². The highest BCUT2D eigenvalue weighted by atomic mass is 32.2. The number of ether oxygens (including phenoxy) is 2. The lowest BCUT2D eigenvalue weighted by molar-refractivity contribution is -0.137. The largest absolute Gasteiger partial charge is 0.484 e. The number of thioether (sulfide) groups is 1. The van der Waals surface area contributed by atoms with Crippen LogP contribution in [-0.2, 0) is 16.1 Å². The van der Waals surface area contributed by atoms with Crippen molar-refractivity contribution in [3.63, 3.8) is 0 Å². The summed E-state index contributed by atoms with van der Waals surface area (Å²) in [6.07, 6.45) is 0. The molecule has 3 rings (SSSR count). The van der Waals surface area contributed by atoms with E-state index in [-0.39, 0.29) is 12.5 Å². The predicted octanol–water partition coefficient (Wildman–Crippen LogP) is 1.23. The lowest BCUT2D eigenvalue weighted by Crippen LogP contribution is -2.42. The molecule has 1 aliphatic rings. The topological polar surface area (TPSA) is 92.4 Å². The standard InChI is InChI=1S/C18H25N5O3S/c1-14-20-18(22-21-14)27-11-6-19-12-15-2-4-16(5-3-15)26-13-17(24)23-7-9-25-10-8-23/h2-5,19H,6-13H2,1H3,(H,20,21,22). The van der Waals surface area contributed by atoms with Gasteiger partial charge in [-0.05, 0) is 24.6 Å². The monoisotopic (exact) mass is 391 g/mol. The molecule has 0 bridgehead atoms. The normalized spacial score (nSPS) is 14.3. The highest BCUT2D eigenvalue weighted by Gasteiger charge is 2.17. The summed E-state index contributed by atoms with van der Waals surface area (Å²) < 4.78 is 10.8. The molecule has 8 nitrogen and oxygen atoms in total.